The molecule has 0 bridgehead atoms. The molecule has 6 nitrogen and oxygen atoms in total. The first-order valence-electron chi connectivity index (χ1n) is 6.57. The number of aryl methyl sites for hydroxylation is 1. The van der Waals surface area contributed by atoms with Crippen LogP contribution in [0.4, 0.5) is 0 Å². The Hall–Kier alpha value is -2.50. The molecule has 1 unspecified atom stereocenters. The molecule has 2 aromatic rings. The van der Waals surface area contributed by atoms with Gasteiger partial charge in [0.25, 0.3) is 5.91 Å². The molecule has 0 saturated carbocycles. The van der Waals surface area contributed by atoms with Gasteiger partial charge in [0.15, 0.2) is 0 Å². The van der Waals surface area contributed by atoms with Gasteiger partial charge in [0.05, 0.1) is 20.3 Å². The van der Waals surface area contributed by atoms with Crippen molar-refractivity contribution in [2.75, 3.05) is 14.2 Å². The summed E-state index contributed by atoms with van der Waals surface area (Å²) < 4.78 is 12.1. The van der Waals surface area contributed by atoms with Crippen LogP contribution < -0.4 is 14.8 Å². The molecule has 21 heavy (non-hydrogen) atoms. The first kappa shape index (κ1) is 14.9. The Morgan fingerprint density at radius 1 is 1.29 bits per heavy atom. The highest BCUT2D eigenvalue weighted by atomic mass is 16.5. The quantitative estimate of drug-likeness (QED) is 0.913. The lowest BCUT2D eigenvalue weighted by Gasteiger charge is -2.18. The zero-order valence-electron chi connectivity index (χ0n) is 12.6. The van der Waals surface area contributed by atoms with Crippen molar-refractivity contribution < 1.29 is 14.3 Å². The van der Waals surface area contributed by atoms with E-state index in [1.54, 1.807) is 33.5 Å². The minimum absolute atomic E-state index is 0.188. The molecular formula is C15H19N3O3. The third-order valence-corrected chi connectivity index (χ3v) is 3.30. The van der Waals surface area contributed by atoms with Gasteiger partial charge in [-0.15, -0.1) is 0 Å². The fourth-order valence-corrected chi connectivity index (χ4v) is 2.12. The zero-order valence-corrected chi connectivity index (χ0v) is 12.6. The third-order valence-electron chi connectivity index (χ3n) is 3.30. The van der Waals surface area contributed by atoms with E-state index in [0.29, 0.717) is 17.2 Å². The molecule has 1 heterocycles. The van der Waals surface area contributed by atoms with Crippen LogP contribution in [0, 0.1) is 0 Å². The van der Waals surface area contributed by atoms with Crippen molar-refractivity contribution in [3.05, 3.63) is 41.7 Å². The molecule has 1 aromatic carbocycles. The molecule has 0 aliphatic rings. The first-order chi connectivity index (χ1) is 10.1. The Labute approximate surface area is 123 Å². The van der Waals surface area contributed by atoms with Gasteiger partial charge in [-0.25, -0.2) is 0 Å². The topological polar surface area (TPSA) is 65.4 Å². The van der Waals surface area contributed by atoms with Crippen molar-refractivity contribution in [1.82, 2.24) is 15.1 Å². The van der Waals surface area contributed by atoms with Gasteiger partial charge in [-0.2, -0.15) is 5.10 Å². The van der Waals surface area contributed by atoms with Crippen molar-refractivity contribution in [3.63, 3.8) is 0 Å². The number of hydrogen-bond acceptors (Lipinski definition) is 4. The van der Waals surface area contributed by atoms with Gasteiger partial charge in [0, 0.05) is 18.8 Å². The van der Waals surface area contributed by atoms with E-state index < -0.39 is 0 Å². The van der Waals surface area contributed by atoms with E-state index in [1.165, 1.54) is 4.68 Å². The van der Waals surface area contributed by atoms with E-state index in [1.807, 2.05) is 25.1 Å². The fourth-order valence-electron chi connectivity index (χ4n) is 2.12. The molecule has 0 radical (unpaired) electrons. The predicted molar refractivity (Wildman–Crippen MR) is 78.6 cm³/mol. The van der Waals surface area contributed by atoms with Crippen LogP contribution in [0.1, 0.15) is 29.0 Å². The van der Waals surface area contributed by atoms with Crippen LogP contribution in [-0.2, 0) is 7.05 Å². The van der Waals surface area contributed by atoms with Crippen LogP contribution in [0.15, 0.2) is 30.5 Å². The van der Waals surface area contributed by atoms with Crippen LogP contribution in [-0.4, -0.2) is 29.9 Å². The Morgan fingerprint density at radius 3 is 2.62 bits per heavy atom. The van der Waals surface area contributed by atoms with Crippen LogP contribution >= 0.6 is 0 Å². The van der Waals surface area contributed by atoms with Gasteiger partial charge in [0.2, 0.25) is 0 Å². The van der Waals surface area contributed by atoms with Crippen molar-refractivity contribution in [1.29, 1.82) is 0 Å². The predicted octanol–water partition coefficient (Wildman–Crippen LogP) is 1.93. The summed E-state index contributed by atoms with van der Waals surface area (Å²) in [6.07, 6.45) is 1.59. The minimum Gasteiger partial charge on any atom is -0.497 e. The SMILES string of the molecule is COc1ccc(OC)c(C(C)NC(=O)c2ccnn2C)c1. The van der Waals surface area contributed by atoms with Gasteiger partial charge in [-0.05, 0) is 31.2 Å². The van der Waals surface area contributed by atoms with Gasteiger partial charge < -0.3 is 14.8 Å². The summed E-state index contributed by atoms with van der Waals surface area (Å²) in [7, 11) is 4.93. The maximum Gasteiger partial charge on any atom is 0.270 e. The van der Waals surface area contributed by atoms with Crippen LogP contribution in [0.3, 0.4) is 0 Å². The summed E-state index contributed by atoms with van der Waals surface area (Å²) in [5.74, 6) is 1.23. The monoisotopic (exact) mass is 289 g/mol. The summed E-state index contributed by atoms with van der Waals surface area (Å²) in [6, 6.07) is 6.94. The summed E-state index contributed by atoms with van der Waals surface area (Å²) in [5.41, 5.74) is 1.36. The minimum atomic E-state index is -0.225. The molecule has 0 aliphatic carbocycles. The molecule has 0 spiro atoms. The number of hydrogen-bond donors (Lipinski definition) is 1. The molecule has 1 N–H and O–H groups in total. The highest BCUT2D eigenvalue weighted by molar-refractivity contribution is 5.92. The van der Waals surface area contributed by atoms with Gasteiger partial charge in [0.1, 0.15) is 17.2 Å². The van der Waals surface area contributed by atoms with Gasteiger partial charge in [-0.1, -0.05) is 0 Å². The fraction of sp³-hybridized carbons (Fsp3) is 0.333. The lowest BCUT2D eigenvalue weighted by Crippen LogP contribution is -2.28. The number of carbonyl (C=O) groups excluding carboxylic acids is 1. The first-order valence-corrected chi connectivity index (χ1v) is 6.57. The van der Waals surface area contributed by atoms with E-state index in [4.69, 9.17) is 9.47 Å². The van der Waals surface area contributed by atoms with Gasteiger partial charge >= 0.3 is 0 Å². The highest BCUT2D eigenvalue weighted by Gasteiger charge is 2.17. The summed E-state index contributed by atoms with van der Waals surface area (Å²) >= 11 is 0. The maximum atomic E-state index is 12.2. The van der Waals surface area contributed by atoms with E-state index in [2.05, 4.69) is 10.4 Å². The Bertz CT molecular complexity index is 637. The number of benzene rings is 1. The van der Waals surface area contributed by atoms with Crippen molar-refractivity contribution in [3.8, 4) is 11.5 Å². The van der Waals surface area contributed by atoms with Crippen molar-refractivity contribution >= 4 is 5.91 Å². The smallest absolute Gasteiger partial charge is 0.270 e. The lowest BCUT2D eigenvalue weighted by atomic mass is 10.1. The second-order valence-corrected chi connectivity index (χ2v) is 4.64. The molecule has 0 saturated heterocycles. The number of amides is 1. The number of methoxy groups -OCH3 is 2. The summed E-state index contributed by atoms with van der Waals surface area (Å²) in [4.78, 5) is 12.2. The molecule has 112 valence electrons. The van der Waals surface area contributed by atoms with Crippen LogP contribution in [0.25, 0.3) is 0 Å². The van der Waals surface area contributed by atoms with Crippen LogP contribution in [0.5, 0.6) is 11.5 Å². The van der Waals surface area contributed by atoms with E-state index in [9.17, 15) is 4.79 Å². The Morgan fingerprint density at radius 2 is 2.05 bits per heavy atom. The average Bonchev–Trinajstić information content (AvgIpc) is 2.92. The molecule has 0 aliphatic heterocycles. The van der Waals surface area contributed by atoms with E-state index in [-0.39, 0.29) is 11.9 Å². The molecule has 2 rings (SSSR count). The Kier molecular flexibility index (Phi) is 4.47. The second-order valence-electron chi connectivity index (χ2n) is 4.64. The Balaban J connectivity index is 2.22. The van der Waals surface area contributed by atoms with Crippen molar-refractivity contribution in [2.45, 2.75) is 13.0 Å². The zero-order chi connectivity index (χ0) is 15.4. The molecular weight excluding hydrogens is 270 g/mol. The summed E-state index contributed by atoms with van der Waals surface area (Å²) in [6.45, 7) is 1.89. The number of aromatic nitrogens is 2. The average molecular weight is 289 g/mol. The molecule has 1 atom stereocenters. The number of rotatable bonds is 5. The lowest BCUT2D eigenvalue weighted by molar-refractivity contribution is 0.0930. The van der Waals surface area contributed by atoms with Gasteiger partial charge in [-0.3, -0.25) is 9.48 Å². The molecule has 1 amide bonds. The summed E-state index contributed by atoms with van der Waals surface area (Å²) in [5, 5.41) is 6.92. The third kappa shape index (κ3) is 3.16. The number of ether oxygens (including phenoxy) is 2. The molecule has 1 aromatic heterocycles. The highest BCUT2D eigenvalue weighted by Crippen LogP contribution is 2.29. The number of nitrogens with zero attached hydrogens (tertiary/aromatic N) is 2. The van der Waals surface area contributed by atoms with E-state index >= 15 is 0 Å². The largest absolute Gasteiger partial charge is 0.497 e. The number of carbonyl (C=O) groups is 1. The van der Waals surface area contributed by atoms with E-state index in [0.717, 1.165) is 5.56 Å². The molecule has 0 fully saturated rings. The molecule has 6 heteroatoms. The second kappa shape index (κ2) is 6.30. The van der Waals surface area contributed by atoms with Crippen LogP contribution in [0.2, 0.25) is 0 Å². The normalized spacial score (nSPS) is 11.8. The number of nitrogens with one attached hydrogen (secondary N) is 1. The maximum absolute atomic E-state index is 12.2. The van der Waals surface area contributed by atoms with Crippen molar-refractivity contribution in [2.24, 2.45) is 7.05 Å². The standard InChI is InChI=1S/C15H19N3O3/c1-10(17-15(19)13-7-8-16-18(13)2)12-9-11(20-3)5-6-14(12)21-4/h5-10H,1-4H3,(H,17,19).